The summed E-state index contributed by atoms with van der Waals surface area (Å²) in [7, 11) is 0. The fourth-order valence-electron chi connectivity index (χ4n) is 1.85. The first-order chi connectivity index (χ1) is 8.02. The fourth-order valence-corrected chi connectivity index (χ4v) is 1.85. The molecule has 1 rings (SSSR count). The first-order valence-electron chi connectivity index (χ1n) is 6.49. The van der Waals surface area contributed by atoms with Gasteiger partial charge in [0.1, 0.15) is 0 Å². The topological polar surface area (TPSA) is 32.3 Å². The van der Waals surface area contributed by atoms with E-state index in [2.05, 4.69) is 57.3 Å². The Hall–Kier alpha value is -1.02. The predicted molar refractivity (Wildman–Crippen MR) is 74.3 cm³/mol. The second-order valence-corrected chi connectivity index (χ2v) is 5.47. The molecule has 0 aliphatic rings. The summed E-state index contributed by atoms with van der Waals surface area (Å²) in [6.45, 7) is 8.85. The number of anilines is 1. The second-order valence-electron chi connectivity index (χ2n) is 5.47. The Bertz CT molecular complexity index is 316. The van der Waals surface area contributed by atoms with E-state index in [9.17, 15) is 5.11 Å². The molecule has 0 aliphatic heterocycles. The zero-order chi connectivity index (χ0) is 12.8. The normalized spacial score (nSPS) is 13.1. The van der Waals surface area contributed by atoms with E-state index >= 15 is 0 Å². The average molecular weight is 235 g/mol. The Kier molecular flexibility index (Phi) is 5.49. The molecule has 0 amide bonds. The molecular formula is C15H25NO. The van der Waals surface area contributed by atoms with Gasteiger partial charge in [0.15, 0.2) is 0 Å². The maximum Gasteiger partial charge on any atom is 0.0635 e. The molecule has 2 nitrogen and oxygen atoms in total. The van der Waals surface area contributed by atoms with Gasteiger partial charge in [-0.3, -0.25) is 0 Å². The summed E-state index contributed by atoms with van der Waals surface area (Å²) < 4.78 is 0. The molecule has 1 aromatic carbocycles. The third-order valence-electron chi connectivity index (χ3n) is 2.95. The van der Waals surface area contributed by atoms with Crippen LogP contribution in [-0.2, 0) is 6.42 Å². The standard InChI is InChI=1S/C15H25NO/c1-11(2)9-13-5-7-14(8-6-13)16-15(10-17)12(3)4/h5-8,11-12,15-17H,9-10H2,1-4H3. The van der Waals surface area contributed by atoms with Crippen molar-refractivity contribution in [2.45, 2.75) is 40.2 Å². The van der Waals surface area contributed by atoms with Crippen LogP contribution in [0.1, 0.15) is 33.3 Å². The molecule has 0 fully saturated rings. The highest BCUT2D eigenvalue weighted by atomic mass is 16.3. The highest BCUT2D eigenvalue weighted by Gasteiger charge is 2.11. The molecule has 0 spiro atoms. The van der Waals surface area contributed by atoms with Crippen molar-refractivity contribution < 1.29 is 5.11 Å². The molecule has 96 valence electrons. The van der Waals surface area contributed by atoms with Gasteiger partial charge in [0, 0.05) is 5.69 Å². The monoisotopic (exact) mass is 235 g/mol. The highest BCUT2D eigenvalue weighted by Crippen LogP contribution is 2.15. The molecule has 0 saturated heterocycles. The highest BCUT2D eigenvalue weighted by molar-refractivity contribution is 5.45. The van der Waals surface area contributed by atoms with Gasteiger partial charge in [-0.15, -0.1) is 0 Å². The van der Waals surface area contributed by atoms with E-state index in [0.29, 0.717) is 11.8 Å². The van der Waals surface area contributed by atoms with Gasteiger partial charge < -0.3 is 10.4 Å². The molecule has 2 heteroatoms. The summed E-state index contributed by atoms with van der Waals surface area (Å²) in [6.07, 6.45) is 1.12. The van der Waals surface area contributed by atoms with Crippen LogP contribution in [0.2, 0.25) is 0 Å². The van der Waals surface area contributed by atoms with Crippen molar-refractivity contribution in [1.29, 1.82) is 0 Å². The Balaban J connectivity index is 2.61. The van der Waals surface area contributed by atoms with Crippen LogP contribution in [-0.4, -0.2) is 17.8 Å². The molecule has 2 N–H and O–H groups in total. The Morgan fingerprint density at radius 1 is 1.06 bits per heavy atom. The van der Waals surface area contributed by atoms with Crippen LogP contribution in [0.5, 0.6) is 0 Å². The van der Waals surface area contributed by atoms with Gasteiger partial charge in [0.25, 0.3) is 0 Å². The number of hydrogen-bond donors (Lipinski definition) is 2. The van der Waals surface area contributed by atoms with Gasteiger partial charge in [-0.1, -0.05) is 39.8 Å². The van der Waals surface area contributed by atoms with Gasteiger partial charge in [-0.2, -0.15) is 0 Å². The molecule has 0 radical (unpaired) electrons. The number of aliphatic hydroxyl groups excluding tert-OH is 1. The van der Waals surface area contributed by atoms with Crippen molar-refractivity contribution in [3.63, 3.8) is 0 Å². The van der Waals surface area contributed by atoms with E-state index in [0.717, 1.165) is 12.1 Å². The van der Waals surface area contributed by atoms with Crippen LogP contribution >= 0.6 is 0 Å². The molecule has 0 bridgehead atoms. The van der Waals surface area contributed by atoms with Crippen LogP contribution in [0.15, 0.2) is 24.3 Å². The van der Waals surface area contributed by atoms with E-state index in [4.69, 9.17) is 0 Å². The second kappa shape index (κ2) is 6.65. The van der Waals surface area contributed by atoms with Crippen molar-refractivity contribution in [2.75, 3.05) is 11.9 Å². The lowest BCUT2D eigenvalue weighted by Gasteiger charge is -2.21. The molecule has 0 aromatic heterocycles. The largest absolute Gasteiger partial charge is 0.394 e. The molecule has 0 heterocycles. The summed E-state index contributed by atoms with van der Waals surface area (Å²) in [5, 5.41) is 12.6. The molecule has 0 saturated carbocycles. The molecule has 1 unspecified atom stereocenters. The molecule has 0 aliphatic carbocycles. The fraction of sp³-hybridized carbons (Fsp3) is 0.600. The third kappa shape index (κ3) is 4.78. The van der Waals surface area contributed by atoms with E-state index in [1.165, 1.54) is 5.56 Å². The van der Waals surface area contributed by atoms with Crippen LogP contribution in [0.3, 0.4) is 0 Å². The zero-order valence-corrected chi connectivity index (χ0v) is 11.4. The molecule has 1 aromatic rings. The van der Waals surface area contributed by atoms with E-state index < -0.39 is 0 Å². The Morgan fingerprint density at radius 2 is 1.65 bits per heavy atom. The minimum atomic E-state index is 0.131. The summed E-state index contributed by atoms with van der Waals surface area (Å²) in [4.78, 5) is 0. The average Bonchev–Trinajstić information content (AvgIpc) is 2.26. The Morgan fingerprint density at radius 3 is 2.06 bits per heavy atom. The minimum absolute atomic E-state index is 0.131. The maximum atomic E-state index is 9.27. The smallest absolute Gasteiger partial charge is 0.0635 e. The predicted octanol–water partition coefficient (Wildman–Crippen LogP) is 3.31. The summed E-state index contributed by atoms with van der Waals surface area (Å²) in [5.74, 6) is 1.12. The lowest BCUT2D eigenvalue weighted by molar-refractivity contribution is 0.249. The van der Waals surface area contributed by atoms with Crippen LogP contribution in [0, 0.1) is 11.8 Å². The molecular weight excluding hydrogens is 210 g/mol. The van der Waals surface area contributed by atoms with E-state index in [1.807, 2.05) is 0 Å². The van der Waals surface area contributed by atoms with Crippen molar-refractivity contribution in [1.82, 2.24) is 0 Å². The summed E-state index contributed by atoms with van der Waals surface area (Å²) in [5.41, 5.74) is 2.46. The lowest BCUT2D eigenvalue weighted by atomic mass is 10.0. The quantitative estimate of drug-likeness (QED) is 0.793. The van der Waals surface area contributed by atoms with Crippen molar-refractivity contribution >= 4 is 5.69 Å². The van der Waals surface area contributed by atoms with Gasteiger partial charge >= 0.3 is 0 Å². The van der Waals surface area contributed by atoms with Gasteiger partial charge in [0.05, 0.1) is 12.6 Å². The first-order valence-corrected chi connectivity index (χ1v) is 6.49. The maximum absolute atomic E-state index is 9.27. The molecule has 1 atom stereocenters. The van der Waals surface area contributed by atoms with Gasteiger partial charge in [-0.25, -0.2) is 0 Å². The number of rotatable bonds is 6. The number of benzene rings is 1. The van der Waals surface area contributed by atoms with Gasteiger partial charge in [-0.05, 0) is 36.0 Å². The van der Waals surface area contributed by atoms with E-state index in [-0.39, 0.29) is 12.6 Å². The molecule has 17 heavy (non-hydrogen) atoms. The number of aliphatic hydroxyl groups is 1. The lowest BCUT2D eigenvalue weighted by Crippen LogP contribution is -2.29. The third-order valence-corrected chi connectivity index (χ3v) is 2.95. The van der Waals surface area contributed by atoms with Crippen molar-refractivity contribution in [2.24, 2.45) is 11.8 Å². The SMILES string of the molecule is CC(C)Cc1ccc(NC(CO)C(C)C)cc1. The van der Waals surface area contributed by atoms with Crippen LogP contribution < -0.4 is 5.32 Å². The minimum Gasteiger partial charge on any atom is -0.394 e. The van der Waals surface area contributed by atoms with Gasteiger partial charge in [0.2, 0.25) is 0 Å². The van der Waals surface area contributed by atoms with E-state index in [1.54, 1.807) is 0 Å². The number of nitrogens with one attached hydrogen (secondary N) is 1. The van der Waals surface area contributed by atoms with Crippen molar-refractivity contribution in [3.05, 3.63) is 29.8 Å². The van der Waals surface area contributed by atoms with Crippen molar-refractivity contribution in [3.8, 4) is 0 Å². The summed E-state index contributed by atoms with van der Waals surface area (Å²) >= 11 is 0. The zero-order valence-electron chi connectivity index (χ0n) is 11.4. The Labute approximate surface area is 105 Å². The number of hydrogen-bond acceptors (Lipinski definition) is 2. The first kappa shape index (κ1) is 14.0. The van der Waals surface area contributed by atoms with Crippen LogP contribution in [0.25, 0.3) is 0 Å². The summed E-state index contributed by atoms with van der Waals surface area (Å²) in [6, 6.07) is 8.66. The van der Waals surface area contributed by atoms with Crippen LogP contribution in [0.4, 0.5) is 5.69 Å².